The number of aromatic nitrogens is 1. The molecule has 1 aliphatic rings. The van der Waals surface area contributed by atoms with Crippen LogP contribution in [-0.4, -0.2) is 43.8 Å². The number of methoxy groups -OCH3 is 1. The van der Waals surface area contributed by atoms with Crippen molar-refractivity contribution in [2.24, 2.45) is 5.92 Å². The standard InChI is InChI=1S/C20H20ClN3O6S/c1-29-17-7-4-13(9-15(17)21)22-19(25)12-3-2-8-24(11-12)31(27,28)14-5-6-16-18(10-14)30-20(26)23-16/h4-7,9-10,12H,2-3,8,11H2,1H3,(H,22,25)(H,23,26)/t12-/m0/s1. The quantitative estimate of drug-likeness (QED) is 0.597. The van der Waals surface area contributed by atoms with E-state index < -0.39 is 21.7 Å². The van der Waals surface area contributed by atoms with Crippen LogP contribution in [0, 0.1) is 5.92 Å². The summed E-state index contributed by atoms with van der Waals surface area (Å²) in [6.07, 6.45) is 1.11. The van der Waals surface area contributed by atoms with E-state index in [0.29, 0.717) is 41.4 Å². The lowest BCUT2D eigenvalue weighted by molar-refractivity contribution is -0.120. The van der Waals surface area contributed by atoms with Gasteiger partial charge in [0.05, 0.1) is 28.5 Å². The summed E-state index contributed by atoms with van der Waals surface area (Å²) in [5, 5.41) is 3.15. The second-order valence-electron chi connectivity index (χ2n) is 7.21. The molecular formula is C20H20ClN3O6S. The number of nitrogens with zero attached hydrogens (tertiary/aromatic N) is 1. The summed E-state index contributed by atoms with van der Waals surface area (Å²) in [4.78, 5) is 26.6. The van der Waals surface area contributed by atoms with E-state index in [1.807, 2.05) is 0 Å². The Balaban J connectivity index is 1.50. The molecule has 4 rings (SSSR count). The molecule has 1 saturated heterocycles. The molecular weight excluding hydrogens is 446 g/mol. The molecule has 1 aromatic heterocycles. The van der Waals surface area contributed by atoms with Gasteiger partial charge in [-0.25, -0.2) is 13.2 Å². The van der Waals surface area contributed by atoms with E-state index in [1.165, 1.54) is 29.6 Å². The van der Waals surface area contributed by atoms with Gasteiger partial charge >= 0.3 is 5.76 Å². The van der Waals surface area contributed by atoms with Gasteiger partial charge in [0.25, 0.3) is 0 Å². The number of amides is 1. The van der Waals surface area contributed by atoms with Crippen molar-refractivity contribution in [1.29, 1.82) is 0 Å². The lowest BCUT2D eigenvalue weighted by Crippen LogP contribution is -2.43. The van der Waals surface area contributed by atoms with E-state index in [4.69, 9.17) is 20.8 Å². The number of carbonyl (C=O) groups excluding carboxylic acids is 1. The number of aromatic amines is 1. The third kappa shape index (κ3) is 4.32. The molecule has 1 aliphatic heterocycles. The minimum absolute atomic E-state index is 0.00532. The molecule has 0 spiro atoms. The molecule has 0 bridgehead atoms. The van der Waals surface area contributed by atoms with Crippen molar-refractivity contribution in [1.82, 2.24) is 9.29 Å². The van der Waals surface area contributed by atoms with Crippen LogP contribution in [0.3, 0.4) is 0 Å². The molecule has 2 N–H and O–H groups in total. The molecule has 0 radical (unpaired) electrons. The Hall–Kier alpha value is -2.82. The van der Waals surface area contributed by atoms with Gasteiger partial charge in [-0.3, -0.25) is 9.78 Å². The maximum Gasteiger partial charge on any atom is 0.417 e. The van der Waals surface area contributed by atoms with Crippen molar-refractivity contribution in [2.45, 2.75) is 17.7 Å². The highest BCUT2D eigenvalue weighted by Gasteiger charge is 2.33. The SMILES string of the molecule is COc1ccc(NC(=O)[C@H]2CCCN(S(=O)(=O)c3ccc4[nH]c(=O)oc4c3)C2)cc1Cl. The van der Waals surface area contributed by atoms with Gasteiger partial charge in [-0.2, -0.15) is 4.31 Å². The Kier molecular flexibility index (Phi) is 5.78. The zero-order valence-corrected chi connectivity index (χ0v) is 18.1. The number of ether oxygens (including phenoxy) is 1. The highest BCUT2D eigenvalue weighted by atomic mass is 35.5. The average Bonchev–Trinajstić information content (AvgIpc) is 3.13. The van der Waals surface area contributed by atoms with E-state index in [0.717, 1.165) is 0 Å². The molecule has 1 amide bonds. The van der Waals surface area contributed by atoms with Gasteiger partial charge in [-0.15, -0.1) is 0 Å². The third-order valence-corrected chi connectivity index (χ3v) is 7.36. The van der Waals surface area contributed by atoms with E-state index >= 15 is 0 Å². The van der Waals surface area contributed by atoms with Crippen LogP contribution in [0.2, 0.25) is 5.02 Å². The average molecular weight is 466 g/mol. The zero-order valence-electron chi connectivity index (χ0n) is 16.6. The second kappa shape index (κ2) is 8.37. The largest absolute Gasteiger partial charge is 0.495 e. The molecule has 1 fully saturated rings. The maximum atomic E-state index is 13.1. The van der Waals surface area contributed by atoms with E-state index in [1.54, 1.807) is 18.2 Å². The second-order valence-corrected chi connectivity index (χ2v) is 9.56. The summed E-state index contributed by atoms with van der Waals surface area (Å²) >= 11 is 6.10. The number of hydrogen-bond acceptors (Lipinski definition) is 6. The molecule has 2 aromatic carbocycles. The Morgan fingerprint density at radius 1 is 1.29 bits per heavy atom. The van der Waals surface area contributed by atoms with Crippen LogP contribution in [0.15, 0.2) is 50.5 Å². The lowest BCUT2D eigenvalue weighted by atomic mass is 9.98. The topological polar surface area (TPSA) is 122 Å². The number of oxazole rings is 1. The maximum absolute atomic E-state index is 13.1. The molecule has 31 heavy (non-hydrogen) atoms. The molecule has 9 nitrogen and oxygen atoms in total. The van der Waals surface area contributed by atoms with Gasteiger partial charge in [0, 0.05) is 24.8 Å². The first-order valence-corrected chi connectivity index (χ1v) is 11.4. The van der Waals surface area contributed by atoms with Crippen LogP contribution in [0.1, 0.15) is 12.8 Å². The van der Waals surface area contributed by atoms with Crippen LogP contribution < -0.4 is 15.8 Å². The number of fused-ring (bicyclic) bond motifs is 1. The summed E-state index contributed by atoms with van der Waals surface area (Å²) in [6.45, 7) is 0.350. The predicted molar refractivity (Wildman–Crippen MR) is 115 cm³/mol. The van der Waals surface area contributed by atoms with Gasteiger partial charge in [-0.05, 0) is 43.2 Å². The van der Waals surface area contributed by atoms with Gasteiger partial charge in [-0.1, -0.05) is 11.6 Å². The molecule has 3 aromatic rings. The van der Waals surface area contributed by atoms with Gasteiger partial charge in [0.2, 0.25) is 15.9 Å². The van der Waals surface area contributed by atoms with Crippen LogP contribution in [-0.2, 0) is 14.8 Å². The van der Waals surface area contributed by atoms with Crippen molar-refractivity contribution in [3.05, 3.63) is 52.0 Å². The molecule has 11 heteroatoms. The van der Waals surface area contributed by atoms with Crippen LogP contribution in [0.4, 0.5) is 5.69 Å². The summed E-state index contributed by atoms with van der Waals surface area (Å²) in [5.41, 5.74) is 1.08. The first-order valence-electron chi connectivity index (χ1n) is 9.55. The number of anilines is 1. The number of nitrogens with one attached hydrogen (secondary N) is 2. The number of H-pyrrole nitrogens is 1. The van der Waals surface area contributed by atoms with Crippen molar-refractivity contribution < 1.29 is 22.4 Å². The summed E-state index contributed by atoms with van der Waals surface area (Å²) in [5.74, 6) is -0.964. The minimum Gasteiger partial charge on any atom is -0.495 e. The van der Waals surface area contributed by atoms with Gasteiger partial charge in [0.15, 0.2) is 5.58 Å². The van der Waals surface area contributed by atoms with Crippen molar-refractivity contribution in [2.75, 3.05) is 25.5 Å². The van der Waals surface area contributed by atoms with Crippen molar-refractivity contribution >= 4 is 44.3 Å². The monoisotopic (exact) mass is 465 g/mol. The highest BCUT2D eigenvalue weighted by Crippen LogP contribution is 2.29. The minimum atomic E-state index is -3.86. The number of piperidine rings is 1. The molecule has 0 saturated carbocycles. The number of benzene rings is 2. The van der Waals surface area contributed by atoms with Crippen molar-refractivity contribution in [3.8, 4) is 5.75 Å². The third-order valence-electron chi connectivity index (χ3n) is 5.20. The van der Waals surface area contributed by atoms with Crippen LogP contribution in [0.25, 0.3) is 11.1 Å². The first kappa shape index (κ1) is 21.4. The predicted octanol–water partition coefficient (Wildman–Crippen LogP) is 2.82. The fourth-order valence-electron chi connectivity index (χ4n) is 3.60. The van der Waals surface area contributed by atoms with Gasteiger partial charge in [0.1, 0.15) is 5.75 Å². The fraction of sp³-hybridized carbons (Fsp3) is 0.300. The Labute approximate surface area is 183 Å². The van der Waals surface area contributed by atoms with Crippen molar-refractivity contribution in [3.63, 3.8) is 0 Å². The number of halogens is 1. The number of hydrogen-bond donors (Lipinski definition) is 2. The van der Waals surface area contributed by atoms with Crippen LogP contribution >= 0.6 is 11.6 Å². The summed E-state index contributed by atoms with van der Waals surface area (Å²) < 4.78 is 37.6. The summed E-state index contributed by atoms with van der Waals surface area (Å²) in [7, 11) is -2.36. The molecule has 1 atom stereocenters. The highest BCUT2D eigenvalue weighted by molar-refractivity contribution is 7.89. The fourth-order valence-corrected chi connectivity index (χ4v) is 5.40. The number of sulfonamides is 1. The molecule has 164 valence electrons. The first-order chi connectivity index (χ1) is 14.8. The molecule has 0 unspecified atom stereocenters. The molecule has 2 heterocycles. The normalized spacial score (nSPS) is 17.5. The number of carbonyl (C=O) groups is 1. The Morgan fingerprint density at radius 3 is 2.84 bits per heavy atom. The smallest absolute Gasteiger partial charge is 0.417 e. The van der Waals surface area contributed by atoms with E-state index in [-0.39, 0.29) is 22.9 Å². The Bertz CT molecular complexity index is 1300. The Morgan fingerprint density at radius 2 is 2.10 bits per heavy atom. The van der Waals surface area contributed by atoms with Crippen LogP contribution in [0.5, 0.6) is 5.75 Å². The van der Waals surface area contributed by atoms with E-state index in [2.05, 4.69) is 10.3 Å². The summed E-state index contributed by atoms with van der Waals surface area (Å²) in [6, 6.07) is 9.09. The van der Waals surface area contributed by atoms with E-state index in [9.17, 15) is 18.0 Å². The van der Waals surface area contributed by atoms with Gasteiger partial charge < -0.3 is 14.5 Å². The molecule has 0 aliphatic carbocycles. The lowest BCUT2D eigenvalue weighted by Gasteiger charge is -2.31. The zero-order chi connectivity index (χ0) is 22.2. The number of rotatable bonds is 5.